The van der Waals surface area contributed by atoms with Gasteiger partial charge in [0, 0.05) is 27.5 Å². The molecule has 1 saturated heterocycles. The summed E-state index contributed by atoms with van der Waals surface area (Å²) in [6.45, 7) is 0.0874. The minimum atomic E-state index is -1.03. The second-order valence-corrected chi connectivity index (χ2v) is 3.93. The monoisotopic (exact) mass is 253 g/mol. The number of carbonyl (C=O) groups excluding carboxylic acids is 1. The summed E-state index contributed by atoms with van der Waals surface area (Å²) in [5, 5.41) is 9.17. The van der Waals surface area contributed by atoms with Gasteiger partial charge in [0.1, 0.15) is 0 Å². The van der Waals surface area contributed by atoms with Crippen molar-refractivity contribution >= 4 is 5.91 Å². The number of amides is 1. The molecule has 0 aromatic rings. The maximum absolute atomic E-state index is 11.3. The third-order valence-electron chi connectivity index (χ3n) is 2.78. The zero-order valence-corrected chi connectivity index (χ0v) is 9.47. The van der Waals surface area contributed by atoms with Gasteiger partial charge >= 0.3 is 0 Å². The smallest absolute Gasteiger partial charge is 0.289 e. The van der Waals surface area contributed by atoms with E-state index in [1.54, 1.807) is 0 Å². The fourth-order valence-corrected chi connectivity index (χ4v) is 1.90. The van der Waals surface area contributed by atoms with Crippen LogP contribution >= 0.6 is 0 Å². The van der Waals surface area contributed by atoms with E-state index in [0.29, 0.717) is 6.42 Å². The van der Waals surface area contributed by atoms with Crippen LogP contribution in [0.15, 0.2) is 15.4 Å². The lowest BCUT2D eigenvalue weighted by molar-refractivity contribution is -0.133. The van der Waals surface area contributed by atoms with Gasteiger partial charge in [-0.25, -0.2) is 0 Å². The van der Waals surface area contributed by atoms with Gasteiger partial charge in [0.15, 0.2) is 0 Å². The molecule has 10 nitrogen and oxygen atoms in total. The third kappa shape index (κ3) is 3.42. The SMILES string of the molecule is [N-]=[N+]=NCC1(CN=[N+]=[N-])CC(C(=O)N=O)CCO1. The van der Waals surface area contributed by atoms with Crippen molar-refractivity contribution in [2.45, 2.75) is 18.4 Å². The van der Waals surface area contributed by atoms with Crippen LogP contribution in [0.1, 0.15) is 12.8 Å². The van der Waals surface area contributed by atoms with E-state index in [4.69, 9.17) is 15.8 Å². The summed E-state index contributed by atoms with van der Waals surface area (Å²) in [7, 11) is 0. The molecule has 0 bridgehead atoms. The summed E-state index contributed by atoms with van der Waals surface area (Å²) in [6.07, 6.45) is 0.522. The highest BCUT2D eigenvalue weighted by molar-refractivity contribution is 5.79. The molecule has 10 heteroatoms. The first-order chi connectivity index (χ1) is 8.67. The molecular weight excluding hydrogens is 242 g/mol. The van der Waals surface area contributed by atoms with Crippen LogP contribution in [0.3, 0.4) is 0 Å². The van der Waals surface area contributed by atoms with E-state index >= 15 is 0 Å². The first-order valence-corrected chi connectivity index (χ1v) is 5.20. The lowest BCUT2D eigenvalue weighted by atomic mass is 9.85. The molecule has 18 heavy (non-hydrogen) atoms. The summed E-state index contributed by atoms with van der Waals surface area (Å²) < 4.78 is 5.47. The van der Waals surface area contributed by atoms with Crippen molar-refractivity contribution < 1.29 is 9.53 Å². The highest BCUT2D eigenvalue weighted by Crippen LogP contribution is 2.31. The van der Waals surface area contributed by atoms with Crippen molar-refractivity contribution in [1.82, 2.24) is 0 Å². The molecule has 1 aliphatic heterocycles. The van der Waals surface area contributed by atoms with Crippen LogP contribution in [0, 0.1) is 10.8 Å². The molecule has 1 atom stereocenters. The number of azide groups is 2. The quantitative estimate of drug-likeness (QED) is 0.318. The molecule has 1 rings (SSSR count). The topological polar surface area (TPSA) is 153 Å². The number of nitrogens with zero attached hydrogens (tertiary/aromatic N) is 7. The van der Waals surface area contributed by atoms with Crippen LogP contribution in [-0.2, 0) is 9.53 Å². The predicted octanol–water partition coefficient (Wildman–Crippen LogP) is 2.07. The van der Waals surface area contributed by atoms with Gasteiger partial charge in [-0.1, -0.05) is 10.2 Å². The molecule has 1 heterocycles. The lowest BCUT2D eigenvalue weighted by Crippen LogP contribution is -2.46. The highest BCUT2D eigenvalue weighted by Gasteiger charge is 2.39. The third-order valence-corrected chi connectivity index (χ3v) is 2.78. The fourth-order valence-electron chi connectivity index (χ4n) is 1.90. The number of hydrogen-bond acceptors (Lipinski definition) is 5. The molecule has 0 N–H and O–H groups in total. The van der Waals surface area contributed by atoms with Gasteiger partial charge in [-0.05, 0) is 23.9 Å². The summed E-state index contributed by atoms with van der Waals surface area (Å²) in [5.74, 6) is -1.34. The van der Waals surface area contributed by atoms with Crippen LogP contribution in [0.4, 0.5) is 0 Å². The summed E-state index contributed by atoms with van der Waals surface area (Å²) in [6, 6.07) is 0. The molecular formula is C8H11N7O3. The number of rotatable bonds is 5. The summed E-state index contributed by atoms with van der Waals surface area (Å²) >= 11 is 0. The van der Waals surface area contributed by atoms with Gasteiger partial charge in [-0.2, -0.15) is 0 Å². The Hall–Kier alpha value is -2.15. The van der Waals surface area contributed by atoms with Gasteiger partial charge in [-0.15, -0.1) is 4.91 Å². The lowest BCUT2D eigenvalue weighted by Gasteiger charge is -2.37. The first-order valence-electron chi connectivity index (χ1n) is 5.20. The van der Waals surface area contributed by atoms with Crippen molar-refractivity contribution in [2.75, 3.05) is 19.7 Å². The minimum Gasteiger partial charge on any atom is -0.375 e. The molecule has 1 aliphatic rings. The normalized spacial score (nSPS) is 26.6. The Morgan fingerprint density at radius 3 is 2.44 bits per heavy atom. The van der Waals surface area contributed by atoms with Gasteiger partial charge < -0.3 is 4.74 Å². The van der Waals surface area contributed by atoms with E-state index in [0.717, 1.165) is 0 Å². The number of carbonyl (C=O) groups is 1. The molecule has 0 aliphatic carbocycles. The molecule has 0 aromatic carbocycles. The second kappa shape index (κ2) is 6.55. The van der Waals surface area contributed by atoms with E-state index in [2.05, 4.69) is 25.2 Å². The molecule has 0 saturated carbocycles. The molecule has 0 radical (unpaired) electrons. The van der Waals surface area contributed by atoms with Crippen LogP contribution in [0.5, 0.6) is 0 Å². The fraction of sp³-hybridized carbons (Fsp3) is 0.875. The number of nitroso groups, excluding NO2 is 1. The van der Waals surface area contributed by atoms with E-state index < -0.39 is 17.4 Å². The van der Waals surface area contributed by atoms with E-state index in [1.165, 1.54) is 0 Å². The van der Waals surface area contributed by atoms with Crippen molar-refractivity contribution in [3.63, 3.8) is 0 Å². The zero-order valence-electron chi connectivity index (χ0n) is 9.47. The standard InChI is InChI=1S/C8H11N7O3/c9-14-11-4-8(5-12-15-10)3-6(1-2-18-8)7(16)13-17/h6H,1-5H2. The van der Waals surface area contributed by atoms with Gasteiger partial charge in [-0.3, -0.25) is 4.79 Å². The Labute approximate surface area is 102 Å². The Morgan fingerprint density at radius 1 is 1.33 bits per heavy atom. The predicted molar refractivity (Wildman–Crippen MR) is 60.2 cm³/mol. The van der Waals surface area contributed by atoms with Gasteiger partial charge in [0.2, 0.25) is 0 Å². The maximum atomic E-state index is 11.3. The molecule has 1 fully saturated rings. The number of ether oxygens (including phenoxy) is 1. The van der Waals surface area contributed by atoms with E-state index in [9.17, 15) is 9.70 Å². The van der Waals surface area contributed by atoms with Crippen LogP contribution in [0.2, 0.25) is 0 Å². The Bertz CT molecular complexity index is 404. The highest BCUT2D eigenvalue weighted by atomic mass is 16.5. The van der Waals surface area contributed by atoms with Gasteiger partial charge in [0.25, 0.3) is 5.91 Å². The number of hydrogen-bond donors (Lipinski definition) is 0. The van der Waals surface area contributed by atoms with Crippen LogP contribution < -0.4 is 0 Å². The molecule has 1 unspecified atom stereocenters. The summed E-state index contributed by atoms with van der Waals surface area (Å²) in [5.41, 5.74) is 15.6. The average Bonchev–Trinajstić information content (AvgIpc) is 2.42. The second-order valence-electron chi connectivity index (χ2n) is 3.93. The molecule has 1 amide bonds. The largest absolute Gasteiger partial charge is 0.375 e. The van der Waals surface area contributed by atoms with Crippen molar-refractivity contribution in [3.8, 4) is 0 Å². The average molecular weight is 253 g/mol. The summed E-state index contributed by atoms with van der Waals surface area (Å²) in [4.78, 5) is 26.7. The first kappa shape index (κ1) is 13.9. The van der Waals surface area contributed by atoms with E-state index in [-0.39, 0.29) is 26.1 Å². The van der Waals surface area contributed by atoms with Crippen LogP contribution in [-0.4, -0.2) is 31.2 Å². The molecule has 96 valence electrons. The van der Waals surface area contributed by atoms with Crippen molar-refractivity contribution in [3.05, 3.63) is 25.8 Å². The van der Waals surface area contributed by atoms with Crippen LogP contribution in [0.25, 0.3) is 20.9 Å². The Balaban J connectivity index is 2.87. The van der Waals surface area contributed by atoms with Crippen molar-refractivity contribution in [2.24, 2.45) is 21.3 Å². The zero-order chi connectivity index (χ0) is 13.4. The Morgan fingerprint density at radius 2 is 1.94 bits per heavy atom. The molecule has 0 spiro atoms. The Kier molecular flexibility index (Phi) is 5.06. The van der Waals surface area contributed by atoms with E-state index in [1.807, 2.05) is 0 Å². The minimum absolute atomic E-state index is 0.0643. The maximum Gasteiger partial charge on any atom is 0.289 e. The van der Waals surface area contributed by atoms with Gasteiger partial charge in [0.05, 0.1) is 18.7 Å². The van der Waals surface area contributed by atoms with Crippen molar-refractivity contribution in [1.29, 1.82) is 0 Å². The molecule has 0 aromatic heterocycles.